The summed E-state index contributed by atoms with van der Waals surface area (Å²) in [6.45, 7) is 0.444. The SMILES string of the molecule is CNc1nc(N)c(C(=O)NCC2Cc3ccccc3O2)s1. The van der Waals surface area contributed by atoms with Crippen molar-refractivity contribution in [3.05, 3.63) is 34.7 Å². The van der Waals surface area contributed by atoms with Gasteiger partial charge in [-0.05, 0) is 11.6 Å². The number of rotatable bonds is 4. The number of nitrogens with one attached hydrogen (secondary N) is 2. The van der Waals surface area contributed by atoms with Gasteiger partial charge in [0.05, 0.1) is 6.54 Å². The van der Waals surface area contributed by atoms with Crippen LogP contribution < -0.4 is 21.1 Å². The van der Waals surface area contributed by atoms with Gasteiger partial charge < -0.3 is 21.1 Å². The second-order valence-electron chi connectivity index (χ2n) is 4.75. The van der Waals surface area contributed by atoms with E-state index in [4.69, 9.17) is 10.5 Å². The summed E-state index contributed by atoms with van der Waals surface area (Å²) in [6.07, 6.45) is 0.764. The van der Waals surface area contributed by atoms with Crippen molar-refractivity contribution in [2.45, 2.75) is 12.5 Å². The van der Waals surface area contributed by atoms with E-state index in [2.05, 4.69) is 15.6 Å². The number of aromatic nitrogens is 1. The molecule has 2 heterocycles. The van der Waals surface area contributed by atoms with Crippen LogP contribution >= 0.6 is 11.3 Å². The van der Waals surface area contributed by atoms with Gasteiger partial charge in [-0.25, -0.2) is 4.98 Å². The molecule has 0 bridgehead atoms. The van der Waals surface area contributed by atoms with E-state index in [9.17, 15) is 4.79 Å². The smallest absolute Gasteiger partial charge is 0.265 e. The van der Waals surface area contributed by atoms with Gasteiger partial charge in [-0.3, -0.25) is 4.79 Å². The third-order valence-corrected chi connectivity index (χ3v) is 4.37. The summed E-state index contributed by atoms with van der Waals surface area (Å²) in [5.74, 6) is 0.926. The number of nitrogens with two attached hydrogens (primary N) is 1. The first kappa shape index (κ1) is 13.7. The molecule has 21 heavy (non-hydrogen) atoms. The number of hydrogen-bond donors (Lipinski definition) is 3. The lowest BCUT2D eigenvalue weighted by molar-refractivity contribution is 0.0938. The van der Waals surface area contributed by atoms with Crippen molar-refractivity contribution in [3.8, 4) is 5.75 Å². The minimum atomic E-state index is -0.217. The molecule has 1 aliphatic heterocycles. The Hall–Kier alpha value is -2.28. The van der Waals surface area contributed by atoms with Crippen molar-refractivity contribution in [1.82, 2.24) is 10.3 Å². The number of carbonyl (C=O) groups is 1. The summed E-state index contributed by atoms with van der Waals surface area (Å²) >= 11 is 1.24. The van der Waals surface area contributed by atoms with Crippen molar-refractivity contribution >= 4 is 28.2 Å². The first-order chi connectivity index (χ1) is 10.2. The number of benzene rings is 1. The van der Waals surface area contributed by atoms with Crippen LogP contribution in [0.3, 0.4) is 0 Å². The van der Waals surface area contributed by atoms with Crippen LogP contribution in [0.15, 0.2) is 24.3 Å². The van der Waals surface area contributed by atoms with Gasteiger partial charge >= 0.3 is 0 Å². The molecule has 0 fully saturated rings. The standard InChI is InChI=1S/C14H16N4O2S/c1-16-14-18-12(15)11(21-14)13(19)17-7-9-6-8-4-2-3-5-10(8)20-9/h2-5,9H,6-7,15H2,1H3,(H,16,18)(H,17,19). The number of thiazole rings is 1. The number of para-hydroxylation sites is 1. The highest BCUT2D eigenvalue weighted by Gasteiger charge is 2.24. The van der Waals surface area contributed by atoms with Gasteiger partial charge in [0, 0.05) is 13.5 Å². The molecule has 1 aliphatic rings. The van der Waals surface area contributed by atoms with Crippen LogP contribution in [0.2, 0.25) is 0 Å². The zero-order chi connectivity index (χ0) is 14.8. The van der Waals surface area contributed by atoms with E-state index in [-0.39, 0.29) is 17.8 Å². The third-order valence-electron chi connectivity index (χ3n) is 3.28. The zero-order valence-corrected chi connectivity index (χ0v) is 12.4. The number of nitrogens with zero attached hydrogens (tertiary/aromatic N) is 1. The first-order valence-corrected chi connectivity index (χ1v) is 7.46. The van der Waals surface area contributed by atoms with Gasteiger partial charge in [0.2, 0.25) is 0 Å². The fourth-order valence-corrected chi connectivity index (χ4v) is 3.01. The van der Waals surface area contributed by atoms with Gasteiger partial charge in [0.25, 0.3) is 5.91 Å². The van der Waals surface area contributed by atoms with Crippen molar-refractivity contribution < 1.29 is 9.53 Å². The maximum atomic E-state index is 12.1. The Morgan fingerprint density at radius 2 is 2.33 bits per heavy atom. The zero-order valence-electron chi connectivity index (χ0n) is 11.6. The Labute approximate surface area is 126 Å². The van der Waals surface area contributed by atoms with Crippen LogP contribution in [-0.2, 0) is 6.42 Å². The molecule has 1 unspecified atom stereocenters. The lowest BCUT2D eigenvalue weighted by Crippen LogP contribution is -2.34. The Kier molecular flexibility index (Phi) is 3.66. The number of ether oxygens (including phenoxy) is 1. The minimum Gasteiger partial charge on any atom is -0.488 e. The van der Waals surface area contributed by atoms with E-state index in [0.29, 0.717) is 16.6 Å². The third kappa shape index (κ3) is 2.78. The highest BCUT2D eigenvalue weighted by Crippen LogP contribution is 2.28. The first-order valence-electron chi connectivity index (χ1n) is 6.64. The van der Waals surface area contributed by atoms with Crippen molar-refractivity contribution in [2.75, 3.05) is 24.6 Å². The largest absolute Gasteiger partial charge is 0.488 e. The molecular formula is C14H16N4O2S. The van der Waals surface area contributed by atoms with Gasteiger partial charge in [-0.2, -0.15) is 0 Å². The predicted molar refractivity (Wildman–Crippen MR) is 83.0 cm³/mol. The molecule has 1 aromatic heterocycles. The molecule has 0 spiro atoms. The summed E-state index contributed by atoms with van der Waals surface area (Å²) in [5, 5.41) is 6.35. The van der Waals surface area contributed by atoms with E-state index in [1.54, 1.807) is 7.05 Å². The fraction of sp³-hybridized carbons (Fsp3) is 0.286. The highest BCUT2D eigenvalue weighted by molar-refractivity contribution is 7.18. The molecule has 110 valence electrons. The van der Waals surface area contributed by atoms with Gasteiger partial charge in [0.15, 0.2) is 5.13 Å². The molecule has 2 aromatic rings. The second kappa shape index (κ2) is 5.61. The predicted octanol–water partition coefficient (Wildman–Crippen LogP) is 1.50. The lowest BCUT2D eigenvalue weighted by Gasteiger charge is -2.11. The van der Waals surface area contributed by atoms with E-state index in [0.717, 1.165) is 12.2 Å². The monoisotopic (exact) mass is 304 g/mol. The summed E-state index contributed by atoms with van der Waals surface area (Å²) in [7, 11) is 1.74. The number of nitrogen functional groups attached to an aromatic ring is 1. The fourth-order valence-electron chi connectivity index (χ4n) is 2.26. The molecule has 7 heteroatoms. The number of hydrogen-bond acceptors (Lipinski definition) is 6. The van der Waals surface area contributed by atoms with Crippen LogP contribution in [0.1, 0.15) is 15.2 Å². The number of amides is 1. The summed E-state index contributed by atoms with van der Waals surface area (Å²) in [6, 6.07) is 7.91. The molecule has 0 saturated heterocycles. The van der Waals surface area contributed by atoms with E-state index in [1.807, 2.05) is 24.3 Å². The Balaban J connectivity index is 1.59. The average molecular weight is 304 g/mol. The summed E-state index contributed by atoms with van der Waals surface area (Å²) in [5.41, 5.74) is 6.91. The van der Waals surface area contributed by atoms with Gasteiger partial charge in [0.1, 0.15) is 22.5 Å². The quantitative estimate of drug-likeness (QED) is 0.796. The lowest BCUT2D eigenvalue weighted by atomic mass is 10.1. The Bertz CT molecular complexity index is 646. The van der Waals surface area contributed by atoms with Crippen LogP contribution in [0.5, 0.6) is 5.75 Å². The molecule has 1 atom stereocenters. The van der Waals surface area contributed by atoms with Crippen molar-refractivity contribution in [3.63, 3.8) is 0 Å². The highest BCUT2D eigenvalue weighted by atomic mass is 32.1. The van der Waals surface area contributed by atoms with E-state index in [1.165, 1.54) is 16.9 Å². The maximum absolute atomic E-state index is 12.1. The number of carbonyl (C=O) groups excluding carboxylic acids is 1. The molecule has 0 saturated carbocycles. The average Bonchev–Trinajstić information content (AvgIpc) is 3.07. The van der Waals surface area contributed by atoms with Crippen LogP contribution in [0, 0.1) is 0 Å². The summed E-state index contributed by atoms with van der Waals surface area (Å²) in [4.78, 5) is 16.6. The normalized spacial score (nSPS) is 16.1. The van der Waals surface area contributed by atoms with Crippen LogP contribution in [-0.4, -0.2) is 30.6 Å². The molecule has 4 N–H and O–H groups in total. The van der Waals surface area contributed by atoms with Gasteiger partial charge in [-0.15, -0.1) is 0 Å². The minimum absolute atomic E-state index is 0.0377. The van der Waals surface area contributed by atoms with Crippen LogP contribution in [0.4, 0.5) is 10.9 Å². The Morgan fingerprint density at radius 3 is 3.05 bits per heavy atom. The topological polar surface area (TPSA) is 89.3 Å². The summed E-state index contributed by atoms with van der Waals surface area (Å²) < 4.78 is 5.78. The molecule has 6 nitrogen and oxygen atoms in total. The Morgan fingerprint density at radius 1 is 1.52 bits per heavy atom. The molecule has 1 amide bonds. The van der Waals surface area contributed by atoms with E-state index >= 15 is 0 Å². The van der Waals surface area contributed by atoms with E-state index < -0.39 is 0 Å². The number of fused-ring (bicyclic) bond motifs is 1. The molecule has 0 radical (unpaired) electrons. The molecule has 3 rings (SSSR count). The van der Waals surface area contributed by atoms with Crippen molar-refractivity contribution in [1.29, 1.82) is 0 Å². The number of anilines is 2. The molecule has 1 aromatic carbocycles. The molecule has 0 aliphatic carbocycles. The molecular weight excluding hydrogens is 288 g/mol. The van der Waals surface area contributed by atoms with Gasteiger partial charge in [-0.1, -0.05) is 29.5 Å². The van der Waals surface area contributed by atoms with Crippen LogP contribution in [0.25, 0.3) is 0 Å². The van der Waals surface area contributed by atoms with Crippen molar-refractivity contribution in [2.24, 2.45) is 0 Å². The second-order valence-corrected chi connectivity index (χ2v) is 5.74. The maximum Gasteiger partial charge on any atom is 0.265 e.